The highest BCUT2D eigenvalue weighted by Crippen LogP contribution is 2.23. The van der Waals surface area contributed by atoms with E-state index >= 15 is 0 Å². The first-order valence-corrected chi connectivity index (χ1v) is 7.90. The molecule has 0 aliphatic carbocycles. The zero-order chi connectivity index (χ0) is 18.7. The molecule has 0 fully saturated rings. The predicted molar refractivity (Wildman–Crippen MR) is 98.8 cm³/mol. The molecule has 26 heavy (non-hydrogen) atoms. The molecule has 3 rings (SSSR count). The Morgan fingerprint density at radius 2 is 1.81 bits per heavy atom. The van der Waals surface area contributed by atoms with Crippen molar-refractivity contribution in [2.75, 3.05) is 10.6 Å². The standard InChI is InChI=1S/C18H17N5O3/c1-12-17(13(2)22(21-12)15-8-4-3-5-9-15)20-18(24)19-14-7-6-10-16(11-14)23(25)26/h3-11H,1-2H3,(H2,19,20,24). The Hall–Kier alpha value is -3.68. The van der Waals surface area contributed by atoms with Gasteiger partial charge in [0, 0.05) is 17.8 Å². The van der Waals surface area contributed by atoms with Gasteiger partial charge in [0.2, 0.25) is 0 Å². The molecule has 0 atom stereocenters. The smallest absolute Gasteiger partial charge is 0.307 e. The quantitative estimate of drug-likeness (QED) is 0.547. The summed E-state index contributed by atoms with van der Waals surface area (Å²) in [7, 11) is 0. The number of nitro benzene ring substituents is 1. The Balaban J connectivity index is 1.79. The normalized spacial score (nSPS) is 10.4. The van der Waals surface area contributed by atoms with Crippen molar-refractivity contribution in [1.29, 1.82) is 0 Å². The fourth-order valence-corrected chi connectivity index (χ4v) is 2.62. The average molecular weight is 351 g/mol. The lowest BCUT2D eigenvalue weighted by molar-refractivity contribution is -0.384. The average Bonchev–Trinajstić information content (AvgIpc) is 2.91. The van der Waals surface area contributed by atoms with Crippen LogP contribution >= 0.6 is 0 Å². The molecule has 0 unspecified atom stereocenters. The summed E-state index contributed by atoms with van der Waals surface area (Å²) >= 11 is 0. The maximum Gasteiger partial charge on any atom is 0.323 e. The Morgan fingerprint density at radius 3 is 2.50 bits per heavy atom. The second kappa shape index (κ2) is 7.06. The van der Waals surface area contributed by atoms with Crippen LogP contribution in [0, 0.1) is 24.0 Å². The van der Waals surface area contributed by atoms with Crippen molar-refractivity contribution in [2.24, 2.45) is 0 Å². The SMILES string of the molecule is Cc1nn(-c2ccccc2)c(C)c1NC(=O)Nc1cccc([N+](=O)[O-])c1. The van der Waals surface area contributed by atoms with Crippen molar-refractivity contribution in [3.63, 3.8) is 0 Å². The first-order valence-electron chi connectivity index (χ1n) is 7.90. The van der Waals surface area contributed by atoms with Gasteiger partial charge >= 0.3 is 6.03 Å². The molecule has 132 valence electrons. The highest BCUT2D eigenvalue weighted by Gasteiger charge is 2.15. The zero-order valence-corrected chi connectivity index (χ0v) is 14.3. The van der Waals surface area contributed by atoms with Gasteiger partial charge in [0.25, 0.3) is 5.69 Å². The number of urea groups is 1. The first kappa shape index (κ1) is 17.2. The third-order valence-corrected chi connectivity index (χ3v) is 3.85. The van der Waals surface area contributed by atoms with Gasteiger partial charge in [-0.15, -0.1) is 0 Å². The molecule has 8 nitrogen and oxygen atoms in total. The summed E-state index contributed by atoms with van der Waals surface area (Å²) in [5.41, 5.74) is 3.18. The third-order valence-electron chi connectivity index (χ3n) is 3.85. The van der Waals surface area contributed by atoms with Gasteiger partial charge in [0.05, 0.1) is 27.7 Å². The number of nitro groups is 1. The number of carbonyl (C=O) groups excluding carboxylic acids is 1. The molecular weight excluding hydrogens is 334 g/mol. The van der Waals surface area contributed by atoms with E-state index in [-0.39, 0.29) is 5.69 Å². The number of hydrogen-bond acceptors (Lipinski definition) is 4. The van der Waals surface area contributed by atoms with E-state index in [0.29, 0.717) is 17.1 Å². The molecule has 2 amide bonds. The molecule has 0 bridgehead atoms. The largest absolute Gasteiger partial charge is 0.323 e. The van der Waals surface area contributed by atoms with E-state index in [9.17, 15) is 14.9 Å². The van der Waals surface area contributed by atoms with Gasteiger partial charge in [-0.25, -0.2) is 9.48 Å². The summed E-state index contributed by atoms with van der Waals surface area (Å²) in [6.45, 7) is 3.66. The van der Waals surface area contributed by atoms with Crippen LogP contribution in [-0.4, -0.2) is 20.7 Å². The molecule has 1 heterocycles. The Labute approximate surface area is 149 Å². The van der Waals surface area contributed by atoms with Gasteiger partial charge in [-0.05, 0) is 32.0 Å². The van der Waals surface area contributed by atoms with E-state index in [1.54, 1.807) is 17.7 Å². The van der Waals surface area contributed by atoms with Crippen molar-refractivity contribution >= 4 is 23.1 Å². The fraction of sp³-hybridized carbons (Fsp3) is 0.111. The van der Waals surface area contributed by atoms with Gasteiger partial charge in [0.1, 0.15) is 0 Å². The van der Waals surface area contributed by atoms with Crippen LogP contribution in [-0.2, 0) is 0 Å². The number of nitrogens with zero attached hydrogens (tertiary/aromatic N) is 3. The number of aromatic nitrogens is 2. The van der Waals surface area contributed by atoms with Crippen LogP contribution in [0.4, 0.5) is 21.9 Å². The number of amides is 2. The molecule has 2 N–H and O–H groups in total. The van der Waals surface area contributed by atoms with E-state index in [0.717, 1.165) is 11.4 Å². The van der Waals surface area contributed by atoms with Gasteiger partial charge in [-0.1, -0.05) is 24.3 Å². The summed E-state index contributed by atoms with van der Waals surface area (Å²) in [4.78, 5) is 22.6. The molecule has 0 aliphatic heterocycles. The number of aryl methyl sites for hydroxylation is 1. The third kappa shape index (κ3) is 3.54. The monoisotopic (exact) mass is 351 g/mol. The molecular formula is C18H17N5O3. The zero-order valence-electron chi connectivity index (χ0n) is 14.3. The van der Waals surface area contributed by atoms with Crippen molar-refractivity contribution in [2.45, 2.75) is 13.8 Å². The number of carbonyl (C=O) groups is 1. The van der Waals surface area contributed by atoms with Crippen LogP contribution in [0.25, 0.3) is 5.69 Å². The topological polar surface area (TPSA) is 102 Å². The number of nitrogens with one attached hydrogen (secondary N) is 2. The number of hydrogen-bond donors (Lipinski definition) is 2. The Kier molecular flexibility index (Phi) is 4.66. The van der Waals surface area contributed by atoms with E-state index in [2.05, 4.69) is 15.7 Å². The van der Waals surface area contributed by atoms with Crippen LogP contribution in [0.5, 0.6) is 0 Å². The Morgan fingerprint density at radius 1 is 1.08 bits per heavy atom. The van der Waals surface area contributed by atoms with E-state index in [4.69, 9.17) is 0 Å². The van der Waals surface area contributed by atoms with Crippen molar-refractivity contribution in [3.05, 3.63) is 76.1 Å². The predicted octanol–water partition coefficient (Wildman–Crippen LogP) is 4.04. The molecule has 0 saturated carbocycles. The molecule has 8 heteroatoms. The summed E-state index contributed by atoms with van der Waals surface area (Å²) < 4.78 is 1.75. The van der Waals surface area contributed by atoms with Gasteiger partial charge in [-0.3, -0.25) is 10.1 Å². The molecule has 1 aromatic heterocycles. The van der Waals surface area contributed by atoms with Crippen molar-refractivity contribution in [3.8, 4) is 5.69 Å². The molecule has 0 saturated heterocycles. The second-order valence-electron chi connectivity index (χ2n) is 5.68. The minimum absolute atomic E-state index is 0.0907. The number of rotatable bonds is 4. The lowest BCUT2D eigenvalue weighted by Crippen LogP contribution is -2.20. The summed E-state index contributed by atoms with van der Waals surface area (Å²) in [5.74, 6) is 0. The van der Waals surface area contributed by atoms with Crippen LogP contribution in [0.1, 0.15) is 11.4 Å². The molecule has 0 aliphatic rings. The van der Waals surface area contributed by atoms with Crippen LogP contribution in [0.2, 0.25) is 0 Å². The molecule has 3 aromatic rings. The number of anilines is 2. The summed E-state index contributed by atoms with van der Waals surface area (Å²) in [6.07, 6.45) is 0. The number of benzene rings is 2. The minimum atomic E-state index is -0.513. The maximum absolute atomic E-state index is 12.3. The fourth-order valence-electron chi connectivity index (χ4n) is 2.62. The Bertz CT molecular complexity index is 966. The second-order valence-corrected chi connectivity index (χ2v) is 5.68. The van der Waals surface area contributed by atoms with E-state index in [1.807, 2.05) is 37.3 Å². The lowest BCUT2D eigenvalue weighted by atomic mass is 10.3. The van der Waals surface area contributed by atoms with E-state index in [1.165, 1.54) is 18.2 Å². The minimum Gasteiger partial charge on any atom is -0.307 e. The van der Waals surface area contributed by atoms with Crippen LogP contribution < -0.4 is 10.6 Å². The number of non-ortho nitro benzene ring substituents is 1. The van der Waals surface area contributed by atoms with Crippen LogP contribution in [0.3, 0.4) is 0 Å². The van der Waals surface area contributed by atoms with E-state index < -0.39 is 11.0 Å². The molecule has 2 aromatic carbocycles. The van der Waals surface area contributed by atoms with Gasteiger partial charge < -0.3 is 10.6 Å². The van der Waals surface area contributed by atoms with Crippen LogP contribution in [0.15, 0.2) is 54.6 Å². The molecule has 0 spiro atoms. The number of para-hydroxylation sites is 1. The summed E-state index contributed by atoms with van der Waals surface area (Å²) in [6, 6.07) is 14.8. The van der Waals surface area contributed by atoms with Crippen molar-refractivity contribution in [1.82, 2.24) is 9.78 Å². The highest BCUT2D eigenvalue weighted by molar-refractivity contribution is 6.00. The van der Waals surface area contributed by atoms with Gasteiger partial charge in [0.15, 0.2) is 0 Å². The summed E-state index contributed by atoms with van der Waals surface area (Å²) in [5, 5.41) is 20.6. The van der Waals surface area contributed by atoms with Gasteiger partial charge in [-0.2, -0.15) is 5.10 Å². The maximum atomic E-state index is 12.3. The first-order chi connectivity index (χ1) is 12.5. The lowest BCUT2D eigenvalue weighted by Gasteiger charge is -2.08. The highest BCUT2D eigenvalue weighted by atomic mass is 16.6. The van der Waals surface area contributed by atoms with Crippen molar-refractivity contribution < 1.29 is 9.72 Å². The molecule has 0 radical (unpaired) electrons.